The van der Waals surface area contributed by atoms with Crippen LogP contribution in [0.5, 0.6) is 0 Å². The summed E-state index contributed by atoms with van der Waals surface area (Å²) in [6, 6.07) is 14.4. The van der Waals surface area contributed by atoms with Crippen LogP contribution in [-0.2, 0) is 16.1 Å². The molecule has 7 nitrogen and oxygen atoms in total. The molecule has 0 bridgehead atoms. The largest absolute Gasteiger partial charge is 0.473 e. The summed E-state index contributed by atoms with van der Waals surface area (Å²) in [5.41, 5.74) is 1.41. The van der Waals surface area contributed by atoms with Crippen molar-refractivity contribution in [2.24, 2.45) is 0 Å². The second kappa shape index (κ2) is 10.7. The lowest BCUT2D eigenvalue weighted by Crippen LogP contribution is -2.48. The molecule has 2 N–H and O–H groups in total. The summed E-state index contributed by atoms with van der Waals surface area (Å²) in [7, 11) is 0. The van der Waals surface area contributed by atoms with Gasteiger partial charge in [-0.15, -0.1) is 0 Å². The van der Waals surface area contributed by atoms with Crippen molar-refractivity contribution in [1.29, 1.82) is 0 Å². The van der Waals surface area contributed by atoms with Gasteiger partial charge in [0, 0.05) is 37.2 Å². The topological polar surface area (TPSA) is 98.1 Å². The number of hydrogen-bond acceptors (Lipinski definition) is 4. The van der Waals surface area contributed by atoms with Crippen molar-refractivity contribution in [2.45, 2.75) is 6.54 Å². The van der Waals surface area contributed by atoms with E-state index >= 15 is 0 Å². The van der Waals surface area contributed by atoms with Gasteiger partial charge in [-0.3, -0.25) is 9.69 Å². The number of carboxylic acid groups (broad SMARTS) is 2. The van der Waals surface area contributed by atoms with Gasteiger partial charge in [-0.05, 0) is 29.8 Å². The number of hydrogen-bond donors (Lipinski definition) is 2. The lowest BCUT2D eigenvalue weighted by atomic mass is 10.1. The van der Waals surface area contributed by atoms with Crippen LogP contribution >= 0.6 is 15.9 Å². The van der Waals surface area contributed by atoms with Gasteiger partial charge < -0.3 is 15.1 Å². The monoisotopic (exact) mass is 466 g/mol. The molecule has 0 aliphatic carbocycles. The molecule has 1 amide bonds. The summed E-state index contributed by atoms with van der Waals surface area (Å²) < 4.78 is 14.8. The van der Waals surface area contributed by atoms with E-state index in [0.29, 0.717) is 13.1 Å². The molecule has 1 saturated heterocycles. The van der Waals surface area contributed by atoms with Gasteiger partial charge in [-0.25, -0.2) is 14.0 Å². The summed E-state index contributed by atoms with van der Waals surface area (Å²) in [6.45, 7) is 3.73. The normalized spacial score (nSPS) is 13.9. The average Bonchev–Trinajstić information content (AvgIpc) is 2.70. The molecule has 0 atom stereocenters. The summed E-state index contributed by atoms with van der Waals surface area (Å²) in [4.78, 5) is 34.6. The van der Waals surface area contributed by atoms with E-state index in [4.69, 9.17) is 19.8 Å². The predicted molar refractivity (Wildman–Crippen MR) is 107 cm³/mol. The molecule has 0 unspecified atom stereocenters. The fourth-order valence-electron chi connectivity index (χ4n) is 2.76. The van der Waals surface area contributed by atoms with E-state index in [2.05, 4.69) is 33.0 Å². The highest BCUT2D eigenvalue weighted by atomic mass is 79.9. The van der Waals surface area contributed by atoms with Crippen molar-refractivity contribution in [2.75, 3.05) is 26.2 Å². The molecule has 0 saturated carbocycles. The first-order chi connectivity index (χ1) is 13.8. The molecule has 29 heavy (non-hydrogen) atoms. The van der Waals surface area contributed by atoms with Crippen LogP contribution in [0, 0.1) is 5.82 Å². The molecule has 9 heteroatoms. The molecular formula is C20H20BrFN2O5. The fourth-order valence-corrected chi connectivity index (χ4v) is 3.03. The molecule has 154 valence electrons. The minimum atomic E-state index is -1.82. The number of aliphatic carboxylic acids is 2. The molecule has 2 aromatic rings. The van der Waals surface area contributed by atoms with Gasteiger partial charge in [0.2, 0.25) is 0 Å². The van der Waals surface area contributed by atoms with Crippen LogP contribution in [0.25, 0.3) is 0 Å². The zero-order chi connectivity index (χ0) is 21.4. The van der Waals surface area contributed by atoms with E-state index in [1.54, 1.807) is 23.1 Å². The Kier molecular flexibility index (Phi) is 8.29. The Balaban J connectivity index is 0.000000438. The smallest absolute Gasteiger partial charge is 0.414 e. The summed E-state index contributed by atoms with van der Waals surface area (Å²) in [5.74, 6) is -4.31. The summed E-state index contributed by atoms with van der Waals surface area (Å²) >= 11 is 3.43. The van der Waals surface area contributed by atoms with E-state index in [1.165, 1.54) is 11.6 Å². The lowest BCUT2D eigenvalue weighted by molar-refractivity contribution is -0.159. The highest BCUT2D eigenvalue weighted by molar-refractivity contribution is 9.10. The van der Waals surface area contributed by atoms with Gasteiger partial charge in [0.25, 0.3) is 5.91 Å². The number of halogens is 2. The second-order valence-electron chi connectivity index (χ2n) is 6.28. The van der Waals surface area contributed by atoms with Crippen LogP contribution < -0.4 is 0 Å². The highest BCUT2D eigenvalue weighted by Gasteiger charge is 2.23. The summed E-state index contributed by atoms with van der Waals surface area (Å²) in [5, 5.41) is 14.8. The Morgan fingerprint density at radius 3 is 1.97 bits per heavy atom. The molecule has 2 aromatic carbocycles. The molecule has 1 fully saturated rings. The fraction of sp³-hybridized carbons (Fsp3) is 0.250. The second-order valence-corrected chi connectivity index (χ2v) is 7.20. The van der Waals surface area contributed by atoms with Crippen molar-refractivity contribution in [1.82, 2.24) is 9.80 Å². The number of carbonyl (C=O) groups is 3. The van der Waals surface area contributed by atoms with Gasteiger partial charge in [-0.2, -0.15) is 0 Å². The van der Waals surface area contributed by atoms with Crippen molar-refractivity contribution in [3.05, 3.63) is 69.9 Å². The predicted octanol–water partition coefficient (Wildman–Crippen LogP) is 2.70. The zero-order valence-corrected chi connectivity index (χ0v) is 17.0. The van der Waals surface area contributed by atoms with Gasteiger partial charge in [0.1, 0.15) is 5.82 Å². The maximum absolute atomic E-state index is 13.7. The zero-order valence-electron chi connectivity index (χ0n) is 15.4. The maximum atomic E-state index is 13.7. The number of carbonyl (C=O) groups excluding carboxylic acids is 1. The molecule has 0 spiro atoms. The lowest BCUT2D eigenvalue weighted by Gasteiger charge is -2.34. The van der Waals surface area contributed by atoms with Crippen LogP contribution in [0.3, 0.4) is 0 Å². The van der Waals surface area contributed by atoms with E-state index in [0.717, 1.165) is 24.1 Å². The number of rotatable bonds is 3. The number of amides is 1. The number of nitrogens with zero attached hydrogens (tertiary/aromatic N) is 2. The van der Waals surface area contributed by atoms with Crippen molar-refractivity contribution in [3.8, 4) is 0 Å². The molecule has 1 aliphatic rings. The molecular weight excluding hydrogens is 447 g/mol. The number of carboxylic acids is 2. The van der Waals surface area contributed by atoms with Gasteiger partial charge in [-0.1, -0.05) is 40.2 Å². The maximum Gasteiger partial charge on any atom is 0.414 e. The Morgan fingerprint density at radius 1 is 0.897 bits per heavy atom. The third-order valence-corrected chi connectivity index (χ3v) is 4.79. The van der Waals surface area contributed by atoms with E-state index in [1.807, 2.05) is 12.1 Å². The summed E-state index contributed by atoms with van der Waals surface area (Å²) in [6.07, 6.45) is 0. The van der Waals surface area contributed by atoms with E-state index < -0.39 is 17.8 Å². The first-order valence-electron chi connectivity index (χ1n) is 8.74. The minimum absolute atomic E-state index is 0.161. The van der Waals surface area contributed by atoms with Crippen LogP contribution in [0.4, 0.5) is 4.39 Å². The minimum Gasteiger partial charge on any atom is -0.473 e. The Bertz CT molecular complexity index is 855. The van der Waals surface area contributed by atoms with Gasteiger partial charge >= 0.3 is 11.9 Å². The third-order valence-electron chi connectivity index (χ3n) is 4.27. The Morgan fingerprint density at radius 2 is 1.45 bits per heavy atom. The van der Waals surface area contributed by atoms with Crippen molar-refractivity contribution < 1.29 is 29.0 Å². The standard InChI is InChI=1S/C18H18BrFN2O.C2H2O4/c19-15-7-5-14(6-8-15)13-21-9-11-22(12-10-21)18(23)16-3-1-2-4-17(16)20;3-1(4)2(5)6/h1-8H,9-13H2;(H,3,4)(H,5,6). The van der Waals surface area contributed by atoms with Gasteiger partial charge in [0.05, 0.1) is 5.56 Å². The first-order valence-corrected chi connectivity index (χ1v) is 9.54. The molecule has 1 heterocycles. The Labute approximate surface area is 175 Å². The SMILES string of the molecule is O=C(O)C(=O)O.O=C(c1ccccc1F)N1CCN(Cc2ccc(Br)cc2)CC1. The third kappa shape index (κ3) is 6.95. The van der Waals surface area contributed by atoms with Crippen LogP contribution in [0.15, 0.2) is 53.0 Å². The Hall–Kier alpha value is -2.78. The van der Waals surface area contributed by atoms with Gasteiger partial charge in [0.15, 0.2) is 0 Å². The number of benzene rings is 2. The molecule has 1 aliphatic heterocycles. The van der Waals surface area contributed by atoms with Crippen molar-refractivity contribution >= 4 is 33.8 Å². The van der Waals surface area contributed by atoms with E-state index in [9.17, 15) is 9.18 Å². The van der Waals surface area contributed by atoms with Crippen LogP contribution in [-0.4, -0.2) is 64.0 Å². The van der Waals surface area contributed by atoms with Crippen LogP contribution in [0.1, 0.15) is 15.9 Å². The average molecular weight is 467 g/mol. The van der Waals surface area contributed by atoms with Crippen molar-refractivity contribution in [3.63, 3.8) is 0 Å². The first kappa shape index (κ1) is 22.5. The van der Waals surface area contributed by atoms with E-state index in [-0.39, 0.29) is 11.5 Å². The molecule has 0 radical (unpaired) electrons. The quantitative estimate of drug-likeness (QED) is 0.674. The highest BCUT2D eigenvalue weighted by Crippen LogP contribution is 2.15. The van der Waals surface area contributed by atoms with Crippen LogP contribution in [0.2, 0.25) is 0 Å². The molecule has 3 rings (SSSR count). The number of piperazine rings is 1. The molecule has 0 aromatic heterocycles.